The highest BCUT2D eigenvalue weighted by Crippen LogP contribution is 2.31. The van der Waals surface area contributed by atoms with E-state index in [0.29, 0.717) is 0 Å². The van der Waals surface area contributed by atoms with Gasteiger partial charge in [0.05, 0.1) is 11.4 Å². The molecule has 1 saturated heterocycles. The fraction of sp³-hybridized carbons (Fsp3) is 0.450. The zero-order valence-corrected chi connectivity index (χ0v) is 14.9. The summed E-state index contributed by atoms with van der Waals surface area (Å²) in [5, 5.41) is 0. The van der Waals surface area contributed by atoms with Crippen LogP contribution in [-0.2, 0) is 11.2 Å². The highest BCUT2D eigenvalue weighted by atomic mass is 16.2. The van der Waals surface area contributed by atoms with Gasteiger partial charge in [-0.25, -0.2) is 4.98 Å². The van der Waals surface area contributed by atoms with Crippen LogP contribution in [0.4, 0.5) is 11.5 Å². The van der Waals surface area contributed by atoms with E-state index in [1.807, 2.05) is 24.8 Å². The van der Waals surface area contributed by atoms with Crippen LogP contribution in [0.1, 0.15) is 29.8 Å². The standard InChI is InChI=1S/C20H24N4O/c1-14-13-21-15(2)19(22-14)23-10-7-17(8-11-23)20(25)24-12-9-16-5-3-4-6-18(16)24/h3-6,13,17H,7-12H2,1-2H3. The molecular weight excluding hydrogens is 312 g/mol. The third-order valence-corrected chi connectivity index (χ3v) is 5.35. The monoisotopic (exact) mass is 336 g/mol. The molecule has 0 radical (unpaired) electrons. The number of hydrogen-bond donors (Lipinski definition) is 0. The van der Waals surface area contributed by atoms with Crippen molar-refractivity contribution in [3.8, 4) is 0 Å². The number of nitrogens with zero attached hydrogens (tertiary/aromatic N) is 4. The van der Waals surface area contributed by atoms with Crippen molar-refractivity contribution in [1.82, 2.24) is 9.97 Å². The molecule has 0 bridgehead atoms. The number of anilines is 2. The Kier molecular flexibility index (Phi) is 4.15. The molecule has 1 aromatic carbocycles. The number of hydrogen-bond acceptors (Lipinski definition) is 4. The Bertz CT molecular complexity index is 796. The van der Waals surface area contributed by atoms with Crippen molar-refractivity contribution in [3.63, 3.8) is 0 Å². The van der Waals surface area contributed by atoms with E-state index in [0.717, 1.165) is 61.8 Å². The number of carbonyl (C=O) groups is 1. The van der Waals surface area contributed by atoms with Gasteiger partial charge < -0.3 is 9.80 Å². The Morgan fingerprint density at radius 3 is 2.68 bits per heavy atom. The molecule has 1 aromatic heterocycles. The summed E-state index contributed by atoms with van der Waals surface area (Å²) in [6.07, 6.45) is 4.54. The van der Waals surface area contributed by atoms with Gasteiger partial charge in [0.1, 0.15) is 5.82 Å². The van der Waals surface area contributed by atoms with Crippen LogP contribution in [0.2, 0.25) is 0 Å². The van der Waals surface area contributed by atoms with Crippen LogP contribution in [0.25, 0.3) is 0 Å². The molecule has 4 rings (SSSR count). The molecule has 130 valence electrons. The summed E-state index contributed by atoms with van der Waals surface area (Å²) in [4.78, 5) is 26.3. The summed E-state index contributed by atoms with van der Waals surface area (Å²) < 4.78 is 0. The molecule has 1 fully saturated rings. The lowest BCUT2D eigenvalue weighted by Crippen LogP contribution is -2.42. The number of aryl methyl sites for hydroxylation is 2. The van der Waals surface area contributed by atoms with Crippen molar-refractivity contribution in [2.45, 2.75) is 33.1 Å². The number of amides is 1. The SMILES string of the molecule is Cc1cnc(C)c(N2CCC(C(=O)N3CCc4ccccc43)CC2)n1. The Morgan fingerprint density at radius 2 is 1.88 bits per heavy atom. The molecule has 2 aliphatic heterocycles. The third kappa shape index (κ3) is 2.99. The predicted molar refractivity (Wildman–Crippen MR) is 98.9 cm³/mol. The third-order valence-electron chi connectivity index (χ3n) is 5.35. The van der Waals surface area contributed by atoms with Crippen molar-refractivity contribution >= 4 is 17.4 Å². The lowest BCUT2D eigenvalue weighted by atomic mass is 9.95. The summed E-state index contributed by atoms with van der Waals surface area (Å²) >= 11 is 0. The largest absolute Gasteiger partial charge is 0.355 e. The molecule has 0 aliphatic carbocycles. The van der Waals surface area contributed by atoms with E-state index < -0.39 is 0 Å². The lowest BCUT2D eigenvalue weighted by Gasteiger charge is -2.34. The summed E-state index contributed by atoms with van der Waals surface area (Å²) in [6.45, 7) is 6.52. The fourth-order valence-electron chi connectivity index (χ4n) is 3.95. The first-order chi connectivity index (χ1) is 12.1. The quantitative estimate of drug-likeness (QED) is 0.846. The van der Waals surface area contributed by atoms with Gasteiger partial charge >= 0.3 is 0 Å². The zero-order chi connectivity index (χ0) is 17.4. The van der Waals surface area contributed by atoms with Gasteiger partial charge in [-0.05, 0) is 44.7 Å². The minimum Gasteiger partial charge on any atom is -0.355 e. The van der Waals surface area contributed by atoms with Crippen molar-refractivity contribution in [2.75, 3.05) is 29.4 Å². The number of aromatic nitrogens is 2. The number of para-hydroxylation sites is 1. The van der Waals surface area contributed by atoms with E-state index in [1.165, 1.54) is 5.56 Å². The maximum absolute atomic E-state index is 13.0. The molecule has 5 nitrogen and oxygen atoms in total. The molecule has 0 saturated carbocycles. The van der Waals surface area contributed by atoms with Gasteiger partial charge in [-0.2, -0.15) is 0 Å². The first kappa shape index (κ1) is 16.1. The maximum atomic E-state index is 13.0. The summed E-state index contributed by atoms with van der Waals surface area (Å²) in [6, 6.07) is 8.27. The minimum absolute atomic E-state index is 0.112. The van der Waals surface area contributed by atoms with Gasteiger partial charge in [-0.15, -0.1) is 0 Å². The summed E-state index contributed by atoms with van der Waals surface area (Å²) in [5.41, 5.74) is 4.30. The number of fused-ring (bicyclic) bond motifs is 1. The van der Waals surface area contributed by atoms with E-state index in [2.05, 4.69) is 33.1 Å². The molecule has 0 spiro atoms. The molecule has 0 N–H and O–H groups in total. The van der Waals surface area contributed by atoms with Crippen LogP contribution in [0.15, 0.2) is 30.5 Å². The van der Waals surface area contributed by atoms with E-state index >= 15 is 0 Å². The van der Waals surface area contributed by atoms with E-state index in [1.54, 1.807) is 6.20 Å². The van der Waals surface area contributed by atoms with Crippen LogP contribution < -0.4 is 9.80 Å². The van der Waals surface area contributed by atoms with Crippen LogP contribution >= 0.6 is 0 Å². The molecule has 2 aliphatic rings. The topological polar surface area (TPSA) is 49.3 Å². The first-order valence-electron chi connectivity index (χ1n) is 9.08. The fourth-order valence-corrected chi connectivity index (χ4v) is 3.95. The number of benzene rings is 1. The van der Waals surface area contributed by atoms with Crippen molar-refractivity contribution < 1.29 is 4.79 Å². The molecule has 5 heteroatoms. The van der Waals surface area contributed by atoms with Crippen LogP contribution in [-0.4, -0.2) is 35.5 Å². The van der Waals surface area contributed by atoms with Crippen molar-refractivity contribution in [3.05, 3.63) is 47.4 Å². The highest BCUT2D eigenvalue weighted by Gasteiger charge is 2.32. The molecule has 25 heavy (non-hydrogen) atoms. The molecular formula is C20H24N4O. The summed E-state index contributed by atoms with van der Waals surface area (Å²) in [7, 11) is 0. The molecule has 0 atom stereocenters. The maximum Gasteiger partial charge on any atom is 0.230 e. The Balaban J connectivity index is 1.44. The second-order valence-electron chi connectivity index (χ2n) is 7.05. The van der Waals surface area contributed by atoms with Gasteiger partial charge in [0.25, 0.3) is 0 Å². The van der Waals surface area contributed by atoms with E-state index in [9.17, 15) is 4.79 Å². The average molecular weight is 336 g/mol. The lowest BCUT2D eigenvalue weighted by molar-refractivity contribution is -0.122. The Labute approximate surface area is 148 Å². The van der Waals surface area contributed by atoms with Crippen LogP contribution in [0, 0.1) is 19.8 Å². The molecule has 0 unspecified atom stereocenters. The highest BCUT2D eigenvalue weighted by molar-refractivity contribution is 5.97. The normalized spacial score (nSPS) is 17.7. The Morgan fingerprint density at radius 1 is 1.12 bits per heavy atom. The van der Waals surface area contributed by atoms with Crippen molar-refractivity contribution in [2.24, 2.45) is 5.92 Å². The molecule has 3 heterocycles. The minimum atomic E-state index is 0.112. The van der Waals surface area contributed by atoms with Gasteiger partial charge in [0.2, 0.25) is 5.91 Å². The molecule has 1 amide bonds. The van der Waals surface area contributed by atoms with Crippen LogP contribution in [0.3, 0.4) is 0 Å². The first-order valence-corrected chi connectivity index (χ1v) is 9.08. The number of piperidine rings is 1. The summed E-state index contributed by atoms with van der Waals surface area (Å²) in [5.74, 6) is 1.37. The van der Waals surface area contributed by atoms with Crippen molar-refractivity contribution in [1.29, 1.82) is 0 Å². The smallest absolute Gasteiger partial charge is 0.230 e. The Hall–Kier alpha value is -2.43. The average Bonchev–Trinajstić information content (AvgIpc) is 3.07. The predicted octanol–water partition coefficient (Wildman–Crippen LogP) is 2.90. The molecule has 2 aromatic rings. The van der Waals surface area contributed by atoms with Gasteiger partial charge in [-0.1, -0.05) is 18.2 Å². The number of carbonyl (C=O) groups excluding carboxylic acids is 1. The van der Waals surface area contributed by atoms with Gasteiger partial charge in [0.15, 0.2) is 0 Å². The zero-order valence-electron chi connectivity index (χ0n) is 14.9. The van der Waals surface area contributed by atoms with E-state index in [4.69, 9.17) is 0 Å². The van der Waals surface area contributed by atoms with Gasteiger partial charge in [-0.3, -0.25) is 9.78 Å². The van der Waals surface area contributed by atoms with E-state index in [-0.39, 0.29) is 11.8 Å². The number of rotatable bonds is 2. The van der Waals surface area contributed by atoms with Crippen LogP contribution in [0.5, 0.6) is 0 Å². The van der Waals surface area contributed by atoms with Gasteiger partial charge in [0, 0.05) is 37.4 Å². The second-order valence-corrected chi connectivity index (χ2v) is 7.05. The second kappa shape index (κ2) is 6.47.